The van der Waals surface area contributed by atoms with Crippen LogP contribution in [0.2, 0.25) is 0 Å². The summed E-state index contributed by atoms with van der Waals surface area (Å²) in [6.07, 6.45) is -1.36. The minimum Gasteiger partial charge on any atom is -0.550 e. The van der Waals surface area contributed by atoms with E-state index in [0.29, 0.717) is 12.0 Å². The van der Waals surface area contributed by atoms with Gasteiger partial charge in [0.2, 0.25) is 6.29 Å². The zero-order valence-corrected chi connectivity index (χ0v) is 14.7. The zero-order chi connectivity index (χ0) is 18.8. The first kappa shape index (κ1) is 20.5. The fourth-order valence-electron chi connectivity index (χ4n) is 2.38. The molecule has 25 heavy (non-hydrogen) atoms. The third-order valence-corrected chi connectivity index (χ3v) is 3.35. The van der Waals surface area contributed by atoms with Gasteiger partial charge in [0.1, 0.15) is 0 Å². The Kier molecular flexibility index (Phi) is 8.46. The number of rotatable bonds is 9. The molecule has 1 aromatic rings. The van der Waals surface area contributed by atoms with Crippen LogP contribution in [-0.2, 0) is 14.3 Å². The predicted molar refractivity (Wildman–Crippen MR) is 88.4 cm³/mol. The Balaban J connectivity index is 2.41. The molecule has 0 spiro atoms. The average Bonchev–Trinajstić information content (AvgIpc) is 2.52. The van der Waals surface area contributed by atoms with Gasteiger partial charge < -0.3 is 24.7 Å². The van der Waals surface area contributed by atoms with Crippen LogP contribution in [0.25, 0.3) is 0 Å². The van der Waals surface area contributed by atoms with Crippen LogP contribution in [0.3, 0.4) is 0 Å². The van der Waals surface area contributed by atoms with Crippen molar-refractivity contribution < 1.29 is 29.0 Å². The van der Waals surface area contributed by atoms with Gasteiger partial charge in [-0.2, -0.15) is 0 Å². The molecule has 7 nitrogen and oxygen atoms in total. The van der Waals surface area contributed by atoms with E-state index in [2.05, 4.69) is 5.32 Å². The molecular formula is C18H24NO6-. The second-order valence-electron chi connectivity index (χ2n) is 6.20. The Morgan fingerprint density at radius 1 is 1.08 bits per heavy atom. The largest absolute Gasteiger partial charge is 0.550 e. The van der Waals surface area contributed by atoms with Crippen LogP contribution in [0.1, 0.15) is 44.0 Å². The van der Waals surface area contributed by atoms with Crippen molar-refractivity contribution in [1.29, 1.82) is 0 Å². The molecule has 2 atom stereocenters. The number of hydrogen-bond acceptors (Lipinski definition) is 6. The fraction of sp³-hybridized carbons (Fsp3) is 0.500. The minimum atomic E-state index is -1.16. The first-order valence-electron chi connectivity index (χ1n) is 8.18. The van der Waals surface area contributed by atoms with Gasteiger partial charge in [-0.05, 0) is 36.8 Å². The Hall–Kier alpha value is -2.57. The van der Waals surface area contributed by atoms with Crippen molar-refractivity contribution in [2.24, 2.45) is 11.8 Å². The molecule has 0 aliphatic carbocycles. The quantitative estimate of drug-likeness (QED) is 0.537. The van der Waals surface area contributed by atoms with Crippen molar-refractivity contribution in [1.82, 2.24) is 5.32 Å². The van der Waals surface area contributed by atoms with Crippen LogP contribution in [0.4, 0.5) is 4.79 Å². The van der Waals surface area contributed by atoms with Crippen LogP contribution in [-0.4, -0.2) is 30.9 Å². The Bertz CT molecular complexity index is 572. The van der Waals surface area contributed by atoms with Gasteiger partial charge in [-0.25, -0.2) is 9.59 Å². The molecule has 1 rings (SSSR count). The van der Waals surface area contributed by atoms with E-state index in [-0.39, 0.29) is 24.8 Å². The summed E-state index contributed by atoms with van der Waals surface area (Å²) in [6.45, 7) is 5.49. The SMILES string of the molecule is CC(C)C[C@H](CNC(=O)O[C@H](C)OC(=O)c1ccccc1)CC(=O)[O-]. The molecule has 0 aliphatic heterocycles. The minimum absolute atomic E-state index is 0.142. The standard InChI is InChI=1S/C18H25NO6/c1-12(2)9-14(10-16(20)21)11-19-18(23)25-13(3)24-17(22)15-7-5-4-6-8-15/h4-8,12-14H,9-11H2,1-3H3,(H,19,23)(H,20,21)/p-1/t13-,14+/m1/s1. The lowest BCUT2D eigenvalue weighted by atomic mass is 9.94. The normalized spacial score (nSPS) is 13.0. The van der Waals surface area contributed by atoms with Crippen molar-refractivity contribution in [2.45, 2.75) is 39.9 Å². The molecule has 1 aromatic carbocycles. The smallest absolute Gasteiger partial charge is 0.410 e. The maximum absolute atomic E-state index is 11.8. The van der Waals surface area contributed by atoms with Gasteiger partial charge in [-0.3, -0.25) is 0 Å². The highest BCUT2D eigenvalue weighted by molar-refractivity contribution is 5.89. The van der Waals surface area contributed by atoms with Gasteiger partial charge in [0.05, 0.1) is 5.56 Å². The van der Waals surface area contributed by atoms with Crippen molar-refractivity contribution in [3.05, 3.63) is 35.9 Å². The summed E-state index contributed by atoms with van der Waals surface area (Å²) in [6, 6.07) is 8.34. The molecule has 0 aromatic heterocycles. The van der Waals surface area contributed by atoms with Crippen LogP contribution in [0, 0.1) is 11.8 Å². The second-order valence-corrected chi connectivity index (χ2v) is 6.20. The molecule has 0 saturated carbocycles. The van der Waals surface area contributed by atoms with E-state index in [0.717, 1.165) is 0 Å². The van der Waals surface area contributed by atoms with E-state index in [1.807, 2.05) is 13.8 Å². The monoisotopic (exact) mass is 350 g/mol. The fourth-order valence-corrected chi connectivity index (χ4v) is 2.38. The number of hydrogen-bond donors (Lipinski definition) is 1. The maximum atomic E-state index is 11.8. The van der Waals surface area contributed by atoms with Crippen LogP contribution in [0.15, 0.2) is 30.3 Å². The summed E-state index contributed by atoms with van der Waals surface area (Å²) in [5.41, 5.74) is 0.351. The highest BCUT2D eigenvalue weighted by Gasteiger charge is 2.17. The Morgan fingerprint density at radius 2 is 1.72 bits per heavy atom. The lowest BCUT2D eigenvalue weighted by molar-refractivity contribution is -0.306. The predicted octanol–water partition coefficient (Wildman–Crippen LogP) is 1.72. The number of ether oxygens (including phenoxy) is 2. The Labute approximate surface area is 147 Å². The van der Waals surface area contributed by atoms with Crippen molar-refractivity contribution >= 4 is 18.0 Å². The lowest BCUT2D eigenvalue weighted by Gasteiger charge is -2.20. The van der Waals surface area contributed by atoms with E-state index >= 15 is 0 Å². The molecule has 0 fully saturated rings. The molecule has 0 radical (unpaired) electrons. The number of aliphatic carboxylic acids is 1. The Morgan fingerprint density at radius 3 is 2.28 bits per heavy atom. The number of alkyl carbamates (subject to hydrolysis) is 1. The number of carbonyl (C=O) groups is 3. The second kappa shape index (κ2) is 10.3. The van der Waals surface area contributed by atoms with Crippen molar-refractivity contribution in [3.8, 4) is 0 Å². The molecule has 0 bridgehead atoms. The summed E-state index contributed by atoms with van der Waals surface area (Å²) < 4.78 is 9.96. The van der Waals surface area contributed by atoms with Gasteiger partial charge >= 0.3 is 12.1 Å². The van der Waals surface area contributed by atoms with E-state index in [1.165, 1.54) is 6.92 Å². The number of carboxylic acids is 1. The molecule has 0 unspecified atom stereocenters. The number of amides is 1. The number of benzene rings is 1. The summed E-state index contributed by atoms with van der Waals surface area (Å²) >= 11 is 0. The number of carboxylic acid groups (broad SMARTS) is 1. The van der Waals surface area contributed by atoms with Gasteiger partial charge in [-0.15, -0.1) is 0 Å². The molecule has 7 heteroatoms. The van der Waals surface area contributed by atoms with Gasteiger partial charge in [0.15, 0.2) is 0 Å². The highest BCUT2D eigenvalue weighted by atomic mass is 16.7. The van der Waals surface area contributed by atoms with Crippen molar-refractivity contribution in [2.75, 3.05) is 6.54 Å². The van der Waals surface area contributed by atoms with Crippen LogP contribution < -0.4 is 10.4 Å². The average molecular weight is 350 g/mol. The van der Waals surface area contributed by atoms with E-state index in [1.54, 1.807) is 30.3 Å². The van der Waals surface area contributed by atoms with E-state index in [4.69, 9.17) is 9.47 Å². The van der Waals surface area contributed by atoms with Gasteiger partial charge in [0, 0.05) is 19.4 Å². The summed E-state index contributed by atoms with van der Waals surface area (Å²) in [7, 11) is 0. The molecule has 1 amide bonds. The first-order chi connectivity index (χ1) is 11.8. The van der Waals surface area contributed by atoms with Crippen LogP contribution >= 0.6 is 0 Å². The summed E-state index contributed by atoms with van der Waals surface area (Å²) in [4.78, 5) is 34.4. The molecule has 1 N–H and O–H groups in total. The maximum Gasteiger partial charge on any atom is 0.410 e. The first-order valence-corrected chi connectivity index (χ1v) is 8.18. The molecule has 138 valence electrons. The lowest BCUT2D eigenvalue weighted by Crippen LogP contribution is -2.36. The molecular weight excluding hydrogens is 326 g/mol. The summed E-state index contributed by atoms with van der Waals surface area (Å²) in [5, 5.41) is 13.3. The molecule has 0 aliphatic rings. The van der Waals surface area contributed by atoms with Crippen LogP contribution in [0.5, 0.6) is 0 Å². The van der Waals surface area contributed by atoms with E-state index < -0.39 is 24.3 Å². The number of esters is 1. The zero-order valence-electron chi connectivity index (χ0n) is 14.7. The van der Waals surface area contributed by atoms with Gasteiger partial charge in [-0.1, -0.05) is 32.0 Å². The highest BCUT2D eigenvalue weighted by Crippen LogP contribution is 2.14. The summed E-state index contributed by atoms with van der Waals surface area (Å²) in [5.74, 6) is -1.73. The third kappa shape index (κ3) is 8.74. The third-order valence-electron chi connectivity index (χ3n) is 3.35. The molecule has 0 heterocycles. The van der Waals surface area contributed by atoms with Gasteiger partial charge in [0.25, 0.3) is 0 Å². The van der Waals surface area contributed by atoms with Crippen molar-refractivity contribution in [3.63, 3.8) is 0 Å². The number of nitrogens with one attached hydrogen (secondary N) is 1. The number of carbonyl (C=O) groups excluding carboxylic acids is 3. The molecule has 0 saturated heterocycles. The topological polar surface area (TPSA) is 105 Å². The van der Waals surface area contributed by atoms with E-state index in [9.17, 15) is 19.5 Å².